The average Bonchev–Trinajstić information content (AvgIpc) is 3.11. The zero-order valence-electron chi connectivity index (χ0n) is 28.3. The third-order valence-electron chi connectivity index (χ3n) is 13.0. The summed E-state index contributed by atoms with van der Waals surface area (Å²) in [5.41, 5.74) is -2.50. The van der Waals surface area contributed by atoms with Crippen molar-refractivity contribution < 1.29 is 49.9 Å². The third-order valence-corrected chi connectivity index (χ3v) is 15.2. The number of aliphatic hydroxyl groups excluding tert-OH is 4. The first-order chi connectivity index (χ1) is 23.7. The van der Waals surface area contributed by atoms with Crippen LogP contribution in [-0.2, 0) is 19.1 Å². The molecular formula is C36H55N2O9S2+. The van der Waals surface area contributed by atoms with Crippen LogP contribution in [0.2, 0.25) is 0 Å². The number of hydrogen-bond donors (Lipinski definition) is 7. The predicted molar refractivity (Wildman–Crippen MR) is 185 cm³/mol. The van der Waals surface area contributed by atoms with E-state index in [-0.39, 0.29) is 41.6 Å². The number of piperidine rings is 1. The van der Waals surface area contributed by atoms with E-state index in [2.05, 4.69) is 10.6 Å². The first-order valence-electron chi connectivity index (χ1n) is 18.7. The van der Waals surface area contributed by atoms with Gasteiger partial charge in [-0.3, -0.25) is 14.9 Å². The Morgan fingerprint density at radius 1 is 0.980 bits per heavy atom. The lowest BCUT2D eigenvalue weighted by molar-refractivity contribution is -0.704. The minimum Gasteiger partial charge on any atom is -0.511 e. The van der Waals surface area contributed by atoms with E-state index in [1.54, 1.807) is 16.9 Å². The Hall–Kier alpha value is -1.00. The van der Waals surface area contributed by atoms with E-state index in [0.29, 0.717) is 37.5 Å². The number of ether oxygens (including phenoxy) is 2. The van der Waals surface area contributed by atoms with E-state index in [1.165, 1.54) is 30.1 Å². The number of carbonyl (C=O) groups is 2. The molecule has 3 saturated carbocycles. The number of carbonyl (C=O) groups excluding carboxylic acids is 2. The highest BCUT2D eigenvalue weighted by Gasteiger charge is 2.64. The molecule has 3 aliphatic heterocycles. The van der Waals surface area contributed by atoms with Crippen molar-refractivity contribution in [3.8, 4) is 0 Å². The highest BCUT2D eigenvalue weighted by atomic mass is 33.1. The van der Waals surface area contributed by atoms with Crippen LogP contribution >= 0.6 is 21.6 Å². The molecule has 6 bridgehead atoms. The molecule has 0 radical (unpaired) electrons. The lowest BCUT2D eigenvalue weighted by Crippen LogP contribution is -2.95. The van der Waals surface area contributed by atoms with E-state index in [1.807, 2.05) is 6.08 Å². The van der Waals surface area contributed by atoms with Crippen LogP contribution in [0.4, 0.5) is 0 Å². The van der Waals surface area contributed by atoms with Crippen molar-refractivity contribution in [2.75, 3.05) is 24.8 Å². The van der Waals surface area contributed by atoms with Crippen molar-refractivity contribution in [2.45, 2.75) is 126 Å². The first-order valence-corrected chi connectivity index (χ1v) is 21.2. The fourth-order valence-electron chi connectivity index (χ4n) is 10.1. The number of ketones is 2. The monoisotopic (exact) mass is 723 g/mol. The Morgan fingerprint density at radius 3 is 2.59 bits per heavy atom. The van der Waals surface area contributed by atoms with Crippen molar-refractivity contribution in [1.29, 1.82) is 0 Å². The van der Waals surface area contributed by atoms with Gasteiger partial charge >= 0.3 is 0 Å². The Balaban J connectivity index is 1.23. The molecule has 7 rings (SSSR count). The molecule has 0 aromatic heterocycles. The summed E-state index contributed by atoms with van der Waals surface area (Å²) in [6.45, 7) is 0.306. The number of aliphatic hydroxyl groups is 5. The van der Waals surface area contributed by atoms with E-state index in [9.17, 15) is 30.3 Å². The molecule has 13 heteroatoms. The van der Waals surface area contributed by atoms with Gasteiger partial charge < -0.3 is 40.3 Å². The summed E-state index contributed by atoms with van der Waals surface area (Å²) in [6, 6.07) is 0. The number of quaternary nitrogens is 1. The fraction of sp³-hybridized carbons (Fsp3) is 0.833. The summed E-state index contributed by atoms with van der Waals surface area (Å²) < 4.78 is 12.3. The molecule has 1 spiro atoms. The quantitative estimate of drug-likeness (QED) is 0.211. The molecule has 6 fully saturated rings. The third kappa shape index (κ3) is 6.84. The number of hydrogen-bond acceptors (Lipinski definition) is 12. The zero-order chi connectivity index (χ0) is 34.3. The van der Waals surface area contributed by atoms with Gasteiger partial charge in [-0.2, -0.15) is 0 Å². The summed E-state index contributed by atoms with van der Waals surface area (Å²) in [6.07, 6.45) is 7.95. The molecular weight excluding hydrogens is 669 g/mol. The second kappa shape index (κ2) is 15.2. The number of Topliss-reactive ketones (excluding diaryl/α,β-unsaturated/α-hetero) is 2. The SMILES string of the molecule is O=C1C2CCCC3O[C@H]4O[C@H](CO)[C@@H](O)[C@@](O)(CCC5CC[NH2+]C(C5)NCSSC[C@@]5(C(=O)C32)C(O)=CC(CC2CCCCC2)=C[C@H]15)[C@H]4O. The lowest BCUT2D eigenvalue weighted by Gasteiger charge is -2.53. The smallest absolute Gasteiger partial charge is 0.187 e. The van der Waals surface area contributed by atoms with Crippen molar-refractivity contribution in [1.82, 2.24) is 5.32 Å². The number of rotatable bonds is 3. The highest BCUT2D eigenvalue weighted by Crippen LogP contribution is 2.56. The van der Waals surface area contributed by atoms with Gasteiger partial charge in [0.2, 0.25) is 0 Å². The van der Waals surface area contributed by atoms with Gasteiger partial charge in [-0.25, -0.2) is 0 Å². The maximum absolute atomic E-state index is 15.0. The van der Waals surface area contributed by atoms with Crippen LogP contribution in [0.5, 0.6) is 0 Å². The molecule has 7 aliphatic rings. The van der Waals surface area contributed by atoms with Gasteiger partial charge in [-0.1, -0.05) is 66.2 Å². The van der Waals surface area contributed by atoms with Gasteiger partial charge in [-0.05, 0) is 62.0 Å². The van der Waals surface area contributed by atoms with Gasteiger partial charge in [-0.15, -0.1) is 0 Å². The lowest BCUT2D eigenvalue weighted by atomic mass is 9.52. The second-order valence-electron chi connectivity index (χ2n) is 15.8. The van der Waals surface area contributed by atoms with Crippen LogP contribution in [0.3, 0.4) is 0 Å². The van der Waals surface area contributed by atoms with Gasteiger partial charge in [0, 0.05) is 18.1 Å². The molecule has 4 aliphatic carbocycles. The summed E-state index contributed by atoms with van der Waals surface area (Å²) >= 11 is 0. The second-order valence-corrected chi connectivity index (χ2v) is 18.3. The minimum atomic E-state index is -2.00. The van der Waals surface area contributed by atoms with Crippen molar-refractivity contribution in [2.24, 2.45) is 35.0 Å². The van der Waals surface area contributed by atoms with Gasteiger partial charge in [0.25, 0.3) is 0 Å². The van der Waals surface area contributed by atoms with E-state index >= 15 is 4.79 Å². The van der Waals surface area contributed by atoms with Crippen molar-refractivity contribution >= 4 is 33.2 Å². The van der Waals surface area contributed by atoms with E-state index in [4.69, 9.17) is 9.47 Å². The topological polar surface area (TPSA) is 182 Å². The zero-order valence-corrected chi connectivity index (χ0v) is 29.9. The number of fused-ring (bicyclic) bond motifs is 4. The van der Waals surface area contributed by atoms with Crippen LogP contribution in [-0.4, -0.2) is 104 Å². The summed E-state index contributed by atoms with van der Waals surface area (Å²) in [4.78, 5) is 29.6. The Bertz CT molecular complexity index is 1290. The number of nitrogens with one attached hydrogen (secondary N) is 1. The van der Waals surface area contributed by atoms with Crippen LogP contribution in [0.1, 0.15) is 83.5 Å². The van der Waals surface area contributed by atoms with Crippen LogP contribution < -0.4 is 10.6 Å². The van der Waals surface area contributed by atoms with Gasteiger partial charge in [0.1, 0.15) is 47.0 Å². The molecule has 8 N–H and O–H groups in total. The van der Waals surface area contributed by atoms with Crippen molar-refractivity contribution in [3.63, 3.8) is 0 Å². The maximum atomic E-state index is 15.0. The minimum absolute atomic E-state index is 0.0438. The molecule has 0 aromatic carbocycles. The molecule has 3 heterocycles. The Morgan fingerprint density at radius 2 is 1.80 bits per heavy atom. The molecule has 0 amide bonds. The standard InChI is InChI=1S/C36H54N2O9S2/c39-17-26-31(42)36(45)11-9-21-10-12-37-28(16-21)38-19-49-48-18-35-24(14-22(15-27(35)40)13-20-5-2-1-3-6-20)30(41)23-7-4-8-25(29(23)32(35)43)46-34(47-26)33(36)44/h14-15,20-21,23-26,28-29,31,33-34,37-40,42,44-45H,1-13,16-19H2/p+1/t21?,23?,24-,25?,26-,28?,29?,31-,33+,34+,35+,36+/m1/s1. The molecule has 274 valence electrons. The molecule has 49 heavy (non-hydrogen) atoms. The van der Waals surface area contributed by atoms with Crippen molar-refractivity contribution in [3.05, 3.63) is 23.5 Å². The molecule has 11 nitrogen and oxygen atoms in total. The molecule has 5 unspecified atom stereocenters. The first kappa shape index (κ1) is 36.4. The number of nitrogens with two attached hydrogens (primary N) is 1. The molecule has 0 aromatic rings. The van der Waals surface area contributed by atoms with E-state index < -0.39 is 66.1 Å². The summed E-state index contributed by atoms with van der Waals surface area (Å²) in [5.74, 6) is -0.949. The van der Waals surface area contributed by atoms with E-state index in [0.717, 1.165) is 44.2 Å². The largest absolute Gasteiger partial charge is 0.511 e. The molecule has 12 atom stereocenters. The Kier molecular flexibility index (Phi) is 11.2. The van der Waals surface area contributed by atoms with Crippen LogP contribution in [0.25, 0.3) is 0 Å². The maximum Gasteiger partial charge on any atom is 0.187 e. The fourth-order valence-corrected chi connectivity index (χ4v) is 12.5. The predicted octanol–water partition coefficient (Wildman–Crippen LogP) is 2.09. The Labute approximate surface area is 296 Å². The normalized spacial score (nSPS) is 45.7. The molecule has 3 saturated heterocycles. The van der Waals surface area contributed by atoms with Crippen LogP contribution in [0, 0.1) is 35.0 Å². The van der Waals surface area contributed by atoms with Gasteiger partial charge in [0.05, 0.1) is 37.0 Å². The van der Waals surface area contributed by atoms with Gasteiger partial charge in [0.15, 0.2) is 12.1 Å². The average molecular weight is 724 g/mol. The summed E-state index contributed by atoms with van der Waals surface area (Å²) in [5, 5.41) is 62.6. The number of allylic oxidation sites excluding steroid dienone is 4. The highest BCUT2D eigenvalue weighted by molar-refractivity contribution is 8.76. The van der Waals surface area contributed by atoms with Crippen LogP contribution in [0.15, 0.2) is 23.5 Å². The summed E-state index contributed by atoms with van der Waals surface area (Å²) in [7, 11) is 3.10.